The Bertz CT molecular complexity index is 1330. The molecule has 212 valence electrons. The molecule has 5 rings (SSSR count). The quantitative estimate of drug-likeness (QED) is 0.488. The number of carbonyl (C=O) groups is 1. The molecular formula is C33H41N3O4. The molecule has 0 radical (unpaired) electrons. The van der Waals surface area contributed by atoms with Crippen LogP contribution < -0.4 is 9.64 Å². The Morgan fingerprint density at radius 2 is 1.77 bits per heavy atom. The van der Waals surface area contributed by atoms with E-state index < -0.39 is 0 Å². The molecule has 2 aliphatic rings. The van der Waals surface area contributed by atoms with E-state index in [1.165, 1.54) is 5.56 Å². The van der Waals surface area contributed by atoms with E-state index in [0.717, 1.165) is 41.2 Å². The summed E-state index contributed by atoms with van der Waals surface area (Å²) in [5, 5.41) is 10.1. The number of likely N-dealkylation sites (N-methyl/N-ethyl adjacent to an activating group) is 2. The Labute approximate surface area is 237 Å². The molecule has 3 aromatic rings. The molecule has 2 heterocycles. The van der Waals surface area contributed by atoms with Crippen LogP contribution in [0.4, 0.5) is 5.69 Å². The van der Waals surface area contributed by atoms with Crippen molar-refractivity contribution < 1.29 is 19.4 Å². The van der Waals surface area contributed by atoms with Crippen LogP contribution in [0.2, 0.25) is 0 Å². The van der Waals surface area contributed by atoms with Crippen molar-refractivity contribution in [1.82, 2.24) is 9.80 Å². The smallest absolute Gasteiger partial charge is 0.254 e. The zero-order chi connectivity index (χ0) is 28.2. The second-order valence-electron chi connectivity index (χ2n) is 11.3. The third-order valence-electron chi connectivity index (χ3n) is 8.16. The molecule has 0 saturated carbocycles. The highest BCUT2D eigenvalue weighted by atomic mass is 16.5. The average molecular weight is 544 g/mol. The number of aliphatic hydroxyl groups is 1. The van der Waals surface area contributed by atoms with Crippen molar-refractivity contribution in [2.75, 3.05) is 51.8 Å². The molecule has 2 aliphatic heterocycles. The second kappa shape index (κ2) is 12.4. The van der Waals surface area contributed by atoms with Crippen LogP contribution in [0.15, 0.2) is 66.7 Å². The van der Waals surface area contributed by atoms with Crippen LogP contribution in [0.5, 0.6) is 5.75 Å². The number of hydrogen-bond acceptors (Lipinski definition) is 6. The van der Waals surface area contributed by atoms with Crippen molar-refractivity contribution in [2.45, 2.75) is 39.1 Å². The summed E-state index contributed by atoms with van der Waals surface area (Å²) in [5.74, 6) is 0.910. The van der Waals surface area contributed by atoms with Gasteiger partial charge in [0.25, 0.3) is 5.91 Å². The van der Waals surface area contributed by atoms with Crippen molar-refractivity contribution in [1.29, 1.82) is 0 Å². The van der Waals surface area contributed by atoms with Gasteiger partial charge in [0.05, 0.1) is 37.6 Å². The Balaban J connectivity index is 1.42. The van der Waals surface area contributed by atoms with E-state index in [1.807, 2.05) is 48.2 Å². The number of ether oxygens (including phenoxy) is 2. The van der Waals surface area contributed by atoms with Crippen molar-refractivity contribution in [3.05, 3.63) is 83.4 Å². The first-order valence-electron chi connectivity index (χ1n) is 14.2. The highest BCUT2D eigenvalue weighted by Crippen LogP contribution is 2.33. The van der Waals surface area contributed by atoms with Gasteiger partial charge < -0.3 is 24.4 Å². The van der Waals surface area contributed by atoms with Crippen LogP contribution in [0.3, 0.4) is 0 Å². The average Bonchev–Trinajstić information content (AvgIpc) is 2.98. The van der Waals surface area contributed by atoms with E-state index in [1.54, 1.807) is 0 Å². The highest BCUT2D eigenvalue weighted by Gasteiger charge is 2.30. The lowest BCUT2D eigenvalue weighted by Gasteiger charge is -2.35. The molecule has 1 N–H and O–H groups in total. The van der Waals surface area contributed by atoms with Crippen molar-refractivity contribution in [2.24, 2.45) is 5.92 Å². The maximum absolute atomic E-state index is 14.0. The second-order valence-corrected chi connectivity index (χ2v) is 11.3. The van der Waals surface area contributed by atoms with E-state index in [0.29, 0.717) is 31.9 Å². The summed E-state index contributed by atoms with van der Waals surface area (Å²) >= 11 is 0. The molecule has 0 fully saturated rings. The summed E-state index contributed by atoms with van der Waals surface area (Å²) in [6, 6.07) is 22.1. The number of benzene rings is 3. The van der Waals surface area contributed by atoms with E-state index in [-0.39, 0.29) is 30.6 Å². The minimum Gasteiger partial charge on any atom is -0.490 e. The Morgan fingerprint density at radius 3 is 2.55 bits per heavy atom. The maximum atomic E-state index is 14.0. The van der Waals surface area contributed by atoms with Crippen molar-refractivity contribution >= 4 is 11.6 Å². The number of aliphatic hydroxyl groups excluding tert-OH is 1. The van der Waals surface area contributed by atoms with Crippen LogP contribution in [-0.4, -0.2) is 79.9 Å². The first-order valence-corrected chi connectivity index (χ1v) is 14.2. The topological polar surface area (TPSA) is 65.5 Å². The summed E-state index contributed by atoms with van der Waals surface area (Å²) in [4.78, 5) is 20.3. The lowest BCUT2D eigenvalue weighted by molar-refractivity contribution is -0.0241. The molecule has 7 nitrogen and oxygen atoms in total. The number of fused-ring (bicyclic) bond motifs is 4. The van der Waals surface area contributed by atoms with Gasteiger partial charge in [-0.25, -0.2) is 0 Å². The largest absolute Gasteiger partial charge is 0.490 e. The number of hydrogen-bond donors (Lipinski definition) is 1. The van der Waals surface area contributed by atoms with E-state index in [9.17, 15) is 9.90 Å². The number of nitrogens with zero attached hydrogens (tertiary/aromatic N) is 3. The third kappa shape index (κ3) is 6.02. The molecule has 0 aromatic heterocycles. The van der Waals surface area contributed by atoms with Gasteiger partial charge in [-0.15, -0.1) is 0 Å². The van der Waals surface area contributed by atoms with Crippen LogP contribution in [-0.2, 0) is 17.9 Å². The van der Waals surface area contributed by atoms with Crippen LogP contribution in [0.25, 0.3) is 11.1 Å². The molecule has 7 heteroatoms. The van der Waals surface area contributed by atoms with E-state index in [2.05, 4.69) is 61.2 Å². The summed E-state index contributed by atoms with van der Waals surface area (Å²) < 4.78 is 12.6. The minimum absolute atomic E-state index is 0.0401. The zero-order valence-corrected chi connectivity index (χ0v) is 24.0. The summed E-state index contributed by atoms with van der Waals surface area (Å²) in [6.07, 6.45) is -0.125. The number of carbonyl (C=O) groups excluding carboxylic acids is 1. The lowest BCUT2D eigenvalue weighted by Crippen LogP contribution is -2.47. The van der Waals surface area contributed by atoms with Gasteiger partial charge in [-0.3, -0.25) is 9.69 Å². The molecule has 0 aliphatic carbocycles. The first-order chi connectivity index (χ1) is 19.4. The van der Waals surface area contributed by atoms with Crippen LogP contribution in [0.1, 0.15) is 35.3 Å². The zero-order valence-electron chi connectivity index (χ0n) is 24.0. The Morgan fingerprint density at radius 1 is 1.05 bits per heavy atom. The van der Waals surface area contributed by atoms with Gasteiger partial charge in [0, 0.05) is 38.2 Å². The van der Waals surface area contributed by atoms with Crippen LogP contribution >= 0.6 is 0 Å². The summed E-state index contributed by atoms with van der Waals surface area (Å²) in [5.41, 5.74) is 5.92. The van der Waals surface area contributed by atoms with Gasteiger partial charge in [-0.2, -0.15) is 0 Å². The molecule has 3 atom stereocenters. The molecule has 0 saturated heterocycles. The van der Waals surface area contributed by atoms with E-state index >= 15 is 0 Å². The van der Waals surface area contributed by atoms with Crippen LogP contribution in [0, 0.1) is 5.92 Å². The fourth-order valence-corrected chi connectivity index (χ4v) is 5.74. The predicted molar refractivity (Wildman–Crippen MR) is 159 cm³/mol. The normalized spacial score (nSPS) is 20.2. The fourth-order valence-electron chi connectivity index (χ4n) is 5.74. The van der Waals surface area contributed by atoms with Gasteiger partial charge >= 0.3 is 0 Å². The third-order valence-corrected chi connectivity index (χ3v) is 8.16. The standard InChI is InChI=1S/C33H41N3O4/c1-23-18-36(24(2)21-37)33(38)29-12-8-7-11-28(29)27-10-6-5-9-26(27)22-40-32(23)20-34(3)19-25-13-14-30-31(17-25)39-16-15-35(30)4/h5-14,17,23-24,32,37H,15-16,18-22H2,1-4H3/t23-,24+,32-/m1/s1. The molecule has 0 spiro atoms. The number of amides is 1. The molecule has 0 unspecified atom stereocenters. The highest BCUT2D eigenvalue weighted by molar-refractivity contribution is 6.01. The van der Waals surface area contributed by atoms with E-state index in [4.69, 9.17) is 9.47 Å². The molecular weight excluding hydrogens is 502 g/mol. The van der Waals surface area contributed by atoms with Gasteiger partial charge in [-0.05, 0) is 54.4 Å². The predicted octanol–water partition coefficient (Wildman–Crippen LogP) is 4.67. The maximum Gasteiger partial charge on any atom is 0.254 e. The molecule has 1 amide bonds. The first kappa shape index (κ1) is 28.1. The van der Waals surface area contributed by atoms with Gasteiger partial charge in [0.2, 0.25) is 0 Å². The Hall–Kier alpha value is -3.39. The van der Waals surface area contributed by atoms with Gasteiger partial charge in [0.1, 0.15) is 12.4 Å². The molecule has 40 heavy (non-hydrogen) atoms. The molecule has 0 bridgehead atoms. The number of rotatable bonds is 6. The minimum atomic E-state index is -0.314. The van der Waals surface area contributed by atoms with Gasteiger partial charge in [0.15, 0.2) is 0 Å². The van der Waals surface area contributed by atoms with Gasteiger partial charge in [-0.1, -0.05) is 55.5 Å². The Kier molecular flexibility index (Phi) is 8.74. The monoisotopic (exact) mass is 543 g/mol. The fraction of sp³-hybridized carbons (Fsp3) is 0.424. The summed E-state index contributed by atoms with van der Waals surface area (Å²) in [7, 11) is 4.20. The molecule has 3 aromatic carbocycles. The van der Waals surface area contributed by atoms with Crippen molar-refractivity contribution in [3.63, 3.8) is 0 Å². The SMILES string of the molecule is C[C@@H]1CN([C@@H](C)CO)C(=O)c2ccccc2-c2ccccc2CO[C@@H]1CN(C)Cc1ccc2c(c1)OCCN2C. The number of anilines is 1. The summed E-state index contributed by atoms with van der Waals surface area (Å²) in [6.45, 7) is 7.93. The lowest BCUT2D eigenvalue weighted by atomic mass is 9.94. The van der Waals surface area contributed by atoms with Crippen molar-refractivity contribution in [3.8, 4) is 16.9 Å².